The first kappa shape index (κ1) is 21.3. The summed E-state index contributed by atoms with van der Waals surface area (Å²) in [5.74, 6) is -1.34. The molecule has 1 aliphatic carbocycles. The molecule has 7 nitrogen and oxygen atoms in total. The van der Waals surface area contributed by atoms with Gasteiger partial charge in [0, 0.05) is 6.42 Å². The molecule has 0 aromatic heterocycles. The van der Waals surface area contributed by atoms with Crippen molar-refractivity contribution in [2.24, 2.45) is 17.3 Å². The molecule has 3 unspecified atom stereocenters. The van der Waals surface area contributed by atoms with Gasteiger partial charge in [0.1, 0.15) is 0 Å². The SMILES string of the molecule is CC1CC(C)(C(=O)OCCCCCCCC(=O)N2C=C(F)C(=O)NN2)C1C. The smallest absolute Gasteiger partial charge is 0.312 e. The molecule has 2 aliphatic rings. The van der Waals surface area contributed by atoms with Crippen LogP contribution in [0.2, 0.25) is 0 Å². The van der Waals surface area contributed by atoms with E-state index >= 15 is 0 Å². The lowest BCUT2D eigenvalue weighted by Crippen LogP contribution is -2.53. The Morgan fingerprint density at radius 3 is 2.56 bits per heavy atom. The van der Waals surface area contributed by atoms with E-state index in [2.05, 4.69) is 24.8 Å². The van der Waals surface area contributed by atoms with E-state index < -0.39 is 11.7 Å². The van der Waals surface area contributed by atoms with Crippen molar-refractivity contribution in [1.29, 1.82) is 0 Å². The molecule has 2 N–H and O–H groups in total. The normalized spacial score (nSPS) is 27.5. The molecule has 1 saturated carbocycles. The third-order valence-electron chi connectivity index (χ3n) is 5.86. The van der Waals surface area contributed by atoms with Crippen molar-refractivity contribution >= 4 is 17.8 Å². The summed E-state index contributed by atoms with van der Waals surface area (Å²) in [6.45, 7) is 6.69. The number of carbonyl (C=O) groups is 3. The van der Waals surface area contributed by atoms with Crippen LogP contribution >= 0.6 is 0 Å². The van der Waals surface area contributed by atoms with Crippen molar-refractivity contribution in [2.75, 3.05) is 6.61 Å². The fourth-order valence-electron chi connectivity index (χ4n) is 3.64. The van der Waals surface area contributed by atoms with E-state index in [0.717, 1.165) is 43.3 Å². The van der Waals surface area contributed by atoms with E-state index in [1.807, 2.05) is 6.92 Å². The number of rotatable bonds is 9. The van der Waals surface area contributed by atoms with E-state index in [1.165, 1.54) is 0 Å². The number of hydrogen-bond donors (Lipinski definition) is 2. The van der Waals surface area contributed by atoms with Gasteiger partial charge in [0.2, 0.25) is 11.7 Å². The average molecular weight is 383 g/mol. The van der Waals surface area contributed by atoms with Crippen LogP contribution in [0.15, 0.2) is 12.0 Å². The molecule has 2 rings (SSSR count). The highest BCUT2D eigenvalue weighted by Gasteiger charge is 2.51. The summed E-state index contributed by atoms with van der Waals surface area (Å²) in [6, 6.07) is 0. The van der Waals surface area contributed by atoms with Gasteiger partial charge < -0.3 is 4.74 Å². The fraction of sp³-hybridized carbons (Fsp3) is 0.737. The van der Waals surface area contributed by atoms with Crippen molar-refractivity contribution in [3.05, 3.63) is 12.0 Å². The summed E-state index contributed by atoms with van der Waals surface area (Å²) >= 11 is 0. The Balaban J connectivity index is 1.50. The van der Waals surface area contributed by atoms with Gasteiger partial charge in [0.25, 0.3) is 5.91 Å². The van der Waals surface area contributed by atoms with Gasteiger partial charge >= 0.3 is 5.97 Å². The molecular weight excluding hydrogens is 353 g/mol. The number of amides is 2. The van der Waals surface area contributed by atoms with Crippen molar-refractivity contribution in [3.8, 4) is 0 Å². The average Bonchev–Trinajstić information content (AvgIpc) is 2.65. The summed E-state index contributed by atoms with van der Waals surface area (Å²) in [7, 11) is 0. The van der Waals surface area contributed by atoms with Gasteiger partial charge in [-0.1, -0.05) is 33.1 Å². The van der Waals surface area contributed by atoms with Crippen LogP contribution in [0.25, 0.3) is 0 Å². The molecule has 3 atom stereocenters. The third kappa shape index (κ3) is 5.28. The van der Waals surface area contributed by atoms with Gasteiger partial charge in [-0.3, -0.25) is 19.8 Å². The van der Waals surface area contributed by atoms with E-state index in [9.17, 15) is 18.8 Å². The predicted octanol–water partition coefficient (Wildman–Crippen LogP) is 2.74. The maximum atomic E-state index is 13.1. The lowest BCUT2D eigenvalue weighted by Gasteiger charge is -2.48. The van der Waals surface area contributed by atoms with Gasteiger partial charge in [-0.05, 0) is 38.0 Å². The lowest BCUT2D eigenvalue weighted by atomic mass is 9.56. The fourth-order valence-corrected chi connectivity index (χ4v) is 3.64. The Labute approximate surface area is 159 Å². The zero-order valence-corrected chi connectivity index (χ0v) is 16.3. The number of unbranched alkanes of at least 4 members (excludes halogenated alkanes) is 4. The minimum Gasteiger partial charge on any atom is -0.465 e. The minimum atomic E-state index is -1.00. The molecule has 152 valence electrons. The number of esters is 1. The summed E-state index contributed by atoms with van der Waals surface area (Å²) in [4.78, 5) is 35.0. The molecule has 0 spiro atoms. The zero-order valence-electron chi connectivity index (χ0n) is 16.3. The second-order valence-corrected chi connectivity index (χ2v) is 7.85. The molecule has 0 saturated heterocycles. The van der Waals surface area contributed by atoms with Crippen LogP contribution in [0.3, 0.4) is 0 Å². The minimum absolute atomic E-state index is 0.0832. The van der Waals surface area contributed by atoms with E-state index in [1.54, 1.807) is 0 Å². The van der Waals surface area contributed by atoms with Crippen molar-refractivity contribution in [1.82, 2.24) is 16.0 Å². The van der Waals surface area contributed by atoms with Crippen molar-refractivity contribution < 1.29 is 23.5 Å². The summed E-state index contributed by atoms with van der Waals surface area (Å²) in [5, 5.41) is 0.944. The maximum absolute atomic E-state index is 13.1. The topological polar surface area (TPSA) is 87.7 Å². The van der Waals surface area contributed by atoms with Crippen LogP contribution in [0, 0.1) is 17.3 Å². The molecule has 2 amide bonds. The molecule has 0 radical (unpaired) electrons. The Hall–Kier alpha value is -1.96. The quantitative estimate of drug-likeness (QED) is 0.472. The number of nitrogens with one attached hydrogen (secondary N) is 2. The molecule has 0 aromatic rings. The van der Waals surface area contributed by atoms with E-state index in [0.29, 0.717) is 24.9 Å². The zero-order chi connectivity index (χ0) is 20.0. The lowest BCUT2D eigenvalue weighted by molar-refractivity contribution is -0.170. The van der Waals surface area contributed by atoms with Gasteiger partial charge in [0.15, 0.2) is 0 Å². The van der Waals surface area contributed by atoms with Crippen LogP contribution in [0.1, 0.15) is 65.7 Å². The number of hydrogen-bond acceptors (Lipinski definition) is 5. The van der Waals surface area contributed by atoms with E-state index in [-0.39, 0.29) is 23.7 Å². The third-order valence-corrected chi connectivity index (χ3v) is 5.86. The standard InChI is InChI=1S/C19H30FN3O4/c1-13-11-19(3,14(13)2)18(26)27-10-8-6-4-5-7-9-16(24)23-12-15(20)17(25)21-22-23/h12-14,22H,4-11H2,1-3H3,(H,21,25). The number of nitrogens with zero attached hydrogens (tertiary/aromatic N) is 1. The molecule has 1 heterocycles. The summed E-state index contributed by atoms with van der Waals surface area (Å²) in [6.07, 6.45) is 6.21. The molecule has 27 heavy (non-hydrogen) atoms. The van der Waals surface area contributed by atoms with Crippen LogP contribution in [0.4, 0.5) is 4.39 Å². The highest BCUT2D eigenvalue weighted by Crippen LogP contribution is 2.51. The Morgan fingerprint density at radius 1 is 1.26 bits per heavy atom. The van der Waals surface area contributed by atoms with Crippen molar-refractivity contribution in [3.63, 3.8) is 0 Å². The summed E-state index contributed by atoms with van der Waals surface area (Å²) < 4.78 is 18.6. The second-order valence-electron chi connectivity index (χ2n) is 7.85. The highest BCUT2D eigenvalue weighted by atomic mass is 19.1. The van der Waals surface area contributed by atoms with Gasteiger partial charge in [-0.25, -0.2) is 5.01 Å². The largest absolute Gasteiger partial charge is 0.465 e. The number of halogens is 1. The molecule has 8 heteroatoms. The molecular formula is C19H30FN3O4. The molecule has 1 fully saturated rings. The number of ether oxygens (including phenoxy) is 1. The van der Waals surface area contributed by atoms with Crippen LogP contribution in [0.5, 0.6) is 0 Å². The highest BCUT2D eigenvalue weighted by molar-refractivity contribution is 5.92. The van der Waals surface area contributed by atoms with Crippen LogP contribution < -0.4 is 11.0 Å². The molecule has 0 bridgehead atoms. The Bertz CT molecular complexity index is 610. The first-order valence-corrected chi connectivity index (χ1v) is 9.68. The predicted molar refractivity (Wildman–Crippen MR) is 97.0 cm³/mol. The maximum Gasteiger partial charge on any atom is 0.312 e. The van der Waals surface area contributed by atoms with E-state index in [4.69, 9.17) is 4.74 Å². The Kier molecular flexibility index (Phi) is 7.35. The van der Waals surface area contributed by atoms with Gasteiger partial charge in [-0.15, -0.1) is 5.53 Å². The summed E-state index contributed by atoms with van der Waals surface area (Å²) in [5.41, 5.74) is 4.05. The molecule has 0 aromatic carbocycles. The van der Waals surface area contributed by atoms with Gasteiger partial charge in [-0.2, -0.15) is 4.39 Å². The second kappa shape index (κ2) is 9.30. The molecule has 1 aliphatic heterocycles. The number of hydrazine groups is 2. The Morgan fingerprint density at radius 2 is 1.93 bits per heavy atom. The van der Waals surface area contributed by atoms with Crippen LogP contribution in [-0.4, -0.2) is 29.4 Å². The van der Waals surface area contributed by atoms with Crippen LogP contribution in [-0.2, 0) is 19.1 Å². The van der Waals surface area contributed by atoms with Gasteiger partial charge in [0.05, 0.1) is 18.2 Å². The van der Waals surface area contributed by atoms with Crippen molar-refractivity contribution in [2.45, 2.75) is 65.7 Å². The number of carbonyl (C=O) groups excluding carboxylic acids is 3. The first-order valence-electron chi connectivity index (χ1n) is 9.68. The first-order chi connectivity index (χ1) is 12.8. The monoisotopic (exact) mass is 383 g/mol.